The Hall–Kier alpha value is -3.41. The Morgan fingerprint density at radius 3 is 2.00 bits per heavy atom. The summed E-state index contributed by atoms with van der Waals surface area (Å²) in [7, 11) is -6.34. The van der Waals surface area contributed by atoms with E-state index in [-0.39, 0.29) is 21.0 Å². The highest BCUT2D eigenvalue weighted by molar-refractivity contribution is 7.92. The van der Waals surface area contributed by atoms with Crippen LogP contribution >= 0.6 is 0 Å². The number of nitrogens with two attached hydrogens (primary N) is 1. The minimum atomic E-state index is -3.96. The summed E-state index contributed by atoms with van der Waals surface area (Å²) in [6.45, 7) is 0. The van der Waals surface area contributed by atoms with Crippen LogP contribution < -0.4 is 19.9 Å². The lowest BCUT2D eigenvalue weighted by Gasteiger charge is -2.13. The van der Waals surface area contributed by atoms with Gasteiger partial charge < -0.3 is 10.1 Å². The van der Waals surface area contributed by atoms with Gasteiger partial charge in [0, 0.05) is 5.69 Å². The van der Waals surface area contributed by atoms with E-state index in [1.807, 2.05) is 0 Å². The number of amides is 1. The third kappa shape index (κ3) is 5.40. The number of ether oxygens (including phenoxy) is 1. The normalized spacial score (nSPS) is 11.5. The molecule has 0 saturated heterocycles. The number of benzene rings is 3. The maximum absolute atomic E-state index is 12.7. The number of carbonyl (C=O) groups is 1. The fraction of sp³-hybridized carbons (Fsp3) is 0.0500. The number of hydrogen-bond acceptors (Lipinski definition) is 6. The topological polar surface area (TPSA) is 145 Å². The minimum absolute atomic E-state index is 0.00194. The van der Waals surface area contributed by atoms with Gasteiger partial charge in [0.05, 0.1) is 28.2 Å². The lowest BCUT2D eigenvalue weighted by Crippen LogP contribution is -2.18. The molecular weight excluding hydrogens is 442 g/mol. The van der Waals surface area contributed by atoms with Crippen LogP contribution in [0.2, 0.25) is 0 Å². The quantitative estimate of drug-likeness (QED) is 0.493. The summed E-state index contributed by atoms with van der Waals surface area (Å²) < 4.78 is 55.5. The summed E-state index contributed by atoms with van der Waals surface area (Å²) in [6, 6.07) is 17.1. The molecule has 3 aromatic carbocycles. The lowest BCUT2D eigenvalue weighted by atomic mass is 10.1. The zero-order valence-electron chi connectivity index (χ0n) is 16.3. The Morgan fingerprint density at radius 2 is 1.42 bits per heavy atom. The van der Waals surface area contributed by atoms with Crippen LogP contribution in [0.1, 0.15) is 10.4 Å². The minimum Gasteiger partial charge on any atom is -0.497 e. The van der Waals surface area contributed by atoms with Crippen molar-refractivity contribution in [2.24, 2.45) is 5.14 Å². The van der Waals surface area contributed by atoms with Gasteiger partial charge in [0.1, 0.15) is 5.75 Å². The van der Waals surface area contributed by atoms with Crippen molar-refractivity contribution < 1.29 is 26.4 Å². The third-order valence-electron chi connectivity index (χ3n) is 4.23. The third-order valence-corrected chi connectivity index (χ3v) is 6.54. The van der Waals surface area contributed by atoms with E-state index >= 15 is 0 Å². The molecule has 0 aliphatic rings. The Bertz CT molecular complexity index is 1300. The van der Waals surface area contributed by atoms with E-state index in [0.717, 1.165) is 0 Å². The maximum Gasteiger partial charge on any atom is 0.261 e. The fourth-order valence-corrected chi connectivity index (χ4v) is 4.25. The van der Waals surface area contributed by atoms with Crippen LogP contribution in [-0.4, -0.2) is 29.9 Å². The molecule has 0 atom stereocenters. The van der Waals surface area contributed by atoms with Gasteiger partial charge >= 0.3 is 0 Å². The van der Waals surface area contributed by atoms with E-state index in [1.165, 1.54) is 67.8 Å². The van der Waals surface area contributed by atoms with Crippen LogP contribution in [0.15, 0.2) is 82.6 Å². The molecule has 0 bridgehead atoms. The van der Waals surface area contributed by atoms with E-state index in [1.54, 1.807) is 12.1 Å². The Labute approximate surface area is 180 Å². The predicted molar refractivity (Wildman–Crippen MR) is 116 cm³/mol. The van der Waals surface area contributed by atoms with Crippen molar-refractivity contribution in [2.45, 2.75) is 9.79 Å². The average molecular weight is 462 g/mol. The number of nitrogens with one attached hydrogen (secondary N) is 2. The molecule has 0 saturated carbocycles. The zero-order valence-corrected chi connectivity index (χ0v) is 17.9. The van der Waals surface area contributed by atoms with E-state index in [0.29, 0.717) is 11.4 Å². The smallest absolute Gasteiger partial charge is 0.261 e. The van der Waals surface area contributed by atoms with Gasteiger partial charge in [-0.2, -0.15) is 0 Å². The molecule has 0 aromatic heterocycles. The number of anilines is 2. The first-order valence-electron chi connectivity index (χ1n) is 8.80. The first kappa shape index (κ1) is 22.3. The number of hydrogen-bond donors (Lipinski definition) is 3. The Balaban J connectivity index is 1.83. The highest BCUT2D eigenvalue weighted by Crippen LogP contribution is 2.23. The highest BCUT2D eigenvalue weighted by Gasteiger charge is 2.19. The largest absolute Gasteiger partial charge is 0.497 e. The fourth-order valence-electron chi connectivity index (χ4n) is 2.66. The number of primary sulfonamides is 1. The molecule has 1 amide bonds. The zero-order chi connectivity index (χ0) is 22.6. The van der Waals surface area contributed by atoms with Crippen molar-refractivity contribution in [3.05, 3.63) is 78.4 Å². The number of carbonyl (C=O) groups excluding carboxylic acids is 1. The summed E-state index contributed by atoms with van der Waals surface area (Å²) in [5.41, 5.74) is 0.470. The average Bonchev–Trinajstić information content (AvgIpc) is 2.73. The Morgan fingerprint density at radius 1 is 0.839 bits per heavy atom. The molecule has 4 N–H and O–H groups in total. The number of para-hydroxylation sites is 1. The standard InChI is InChI=1S/C20H19N3O6S2/c1-29-15-8-12-17(13-9-15)31(27,28)23-19-5-3-2-4-18(19)20(24)22-14-6-10-16(11-7-14)30(21,25)26/h2-13,23H,1H3,(H,22,24)(H2,21,25,26). The molecule has 9 nitrogen and oxygen atoms in total. The van der Waals surface area contributed by atoms with Crippen molar-refractivity contribution >= 4 is 37.3 Å². The van der Waals surface area contributed by atoms with E-state index < -0.39 is 26.0 Å². The summed E-state index contributed by atoms with van der Waals surface area (Å²) in [5.74, 6) is -0.0800. The van der Waals surface area contributed by atoms with Gasteiger partial charge in [-0.3, -0.25) is 9.52 Å². The first-order valence-corrected chi connectivity index (χ1v) is 11.8. The second-order valence-electron chi connectivity index (χ2n) is 6.35. The summed E-state index contributed by atoms with van der Waals surface area (Å²) in [6.07, 6.45) is 0. The van der Waals surface area contributed by atoms with Crippen LogP contribution in [0.3, 0.4) is 0 Å². The van der Waals surface area contributed by atoms with Gasteiger partial charge in [-0.1, -0.05) is 12.1 Å². The number of sulfonamides is 2. The molecule has 3 rings (SSSR count). The summed E-state index contributed by atoms with van der Waals surface area (Å²) in [5, 5.41) is 7.65. The monoisotopic (exact) mass is 461 g/mol. The molecule has 0 aliphatic heterocycles. The molecule has 3 aromatic rings. The molecule has 0 fully saturated rings. The Kier molecular flexibility index (Phi) is 6.29. The SMILES string of the molecule is COc1ccc(S(=O)(=O)Nc2ccccc2C(=O)Nc2ccc(S(N)(=O)=O)cc2)cc1. The summed E-state index contributed by atoms with van der Waals surface area (Å²) in [4.78, 5) is 12.6. The number of methoxy groups -OCH3 is 1. The van der Waals surface area contributed by atoms with E-state index in [2.05, 4.69) is 10.0 Å². The predicted octanol–water partition coefficient (Wildman–Crippen LogP) is 2.40. The molecule has 162 valence electrons. The van der Waals surface area contributed by atoms with Crippen LogP contribution in [0.4, 0.5) is 11.4 Å². The van der Waals surface area contributed by atoms with Gasteiger partial charge in [-0.15, -0.1) is 0 Å². The van der Waals surface area contributed by atoms with Crippen molar-refractivity contribution in [3.63, 3.8) is 0 Å². The van der Waals surface area contributed by atoms with Crippen molar-refractivity contribution in [1.82, 2.24) is 0 Å². The number of rotatable bonds is 7. The van der Waals surface area contributed by atoms with Gasteiger partial charge in [-0.05, 0) is 60.7 Å². The van der Waals surface area contributed by atoms with Gasteiger partial charge in [0.25, 0.3) is 15.9 Å². The van der Waals surface area contributed by atoms with Crippen LogP contribution in [0, 0.1) is 0 Å². The summed E-state index contributed by atoms with van der Waals surface area (Å²) >= 11 is 0. The first-order chi connectivity index (χ1) is 14.6. The molecule has 0 radical (unpaired) electrons. The second-order valence-corrected chi connectivity index (χ2v) is 9.59. The van der Waals surface area contributed by atoms with Crippen LogP contribution in [0.5, 0.6) is 5.75 Å². The molecule has 11 heteroatoms. The highest BCUT2D eigenvalue weighted by atomic mass is 32.2. The lowest BCUT2D eigenvalue weighted by molar-refractivity contribution is 0.102. The molecule has 0 heterocycles. The van der Waals surface area contributed by atoms with Crippen molar-refractivity contribution in [1.29, 1.82) is 0 Å². The van der Waals surface area contributed by atoms with E-state index in [4.69, 9.17) is 9.88 Å². The van der Waals surface area contributed by atoms with Gasteiger partial charge in [-0.25, -0.2) is 22.0 Å². The molecule has 0 aliphatic carbocycles. The van der Waals surface area contributed by atoms with Crippen molar-refractivity contribution in [3.8, 4) is 5.75 Å². The maximum atomic E-state index is 12.7. The second kappa shape index (κ2) is 8.76. The van der Waals surface area contributed by atoms with Gasteiger partial charge in [0.15, 0.2) is 0 Å². The van der Waals surface area contributed by atoms with Crippen LogP contribution in [0.25, 0.3) is 0 Å². The molecular formula is C20H19N3O6S2. The van der Waals surface area contributed by atoms with E-state index in [9.17, 15) is 21.6 Å². The van der Waals surface area contributed by atoms with Crippen molar-refractivity contribution in [2.75, 3.05) is 17.1 Å². The van der Waals surface area contributed by atoms with Gasteiger partial charge in [0.2, 0.25) is 10.0 Å². The molecule has 31 heavy (non-hydrogen) atoms. The molecule has 0 spiro atoms. The van der Waals surface area contributed by atoms with Crippen LogP contribution in [-0.2, 0) is 20.0 Å². The molecule has 0 unspecified atom stereocenters.